The van der Waals surface area contributed by atoms with E-state index < -0.39 is 5.60 Å². The van der Waals surface area contributed by atoms with Gasteiger partial charge < -0.3 is 25.4 Å². The van der Waals surface area contributed by atoms with E-state index in [1.54, 1.807) is 0 Å². The smallest absolute Gasteiger partial charge is 0.407 e. The molecule has 1 saturated carbocycles. The molecule has 3 atom stereocenters. The first-order valence-electron chi connectivity index (χ1n) is 9.49. The number of aliphatic imine (C=N–C) groups is 1. The summed E-state index contributed by atoms with van der Waals surface area (Å²) in [5.41, 5.74) is -0.485. The molecule has 3 N–H and O–H groups in total. The number of carbonyl (C=O) groups is 1. The standard InChI is InChI=1S/C18H34N4O3/c1-5-19-16(20-11-13-7-6-8-15(13)23)22-10-9-14(12-22)21-17(24)25-18(2,3)4/h13-15,23H,5-12H2,1-4H3,(H,19,20)(H,21,24). The highest BCUT2D eigenvalue weighted by molar-refractivity contribution is 5.80. The van der Waals surface area contributed by atoms with Crippen LogP contribution in [0.5, 0.6) is 0 Å². The van der Waals surface area contributed by atoms with Crippen LogP contribution in [0.3, 0.4) is 0 Å². The molecular formula is C18H34N4O3. The maximum atomic E-state index is 11.9. The van der Waals surface area contributed by atoms with Crippen LogP contribution in [0.4, 0.5) is 4.79 Å². The Bertz CT molecular complexity index is 475. The van der Waals surface area contributed by atoms with Crippen LogP contribution in [0.2, 0.25) is 0 Å². The highest BCUT2D eigenvalue weighted by Gasteiger charge is 2.29. The summed E-state index contributed by atoms with van der Waals surface area (Å²) in [6.45, 7) is 10.7. The Morgan fingerprint density at radius 2 is 2.08 bits per heavy atom. The van der Waals surface area contributed by atoms with Gasteiger partial charge in [-0.3, -0.25) is 4.99 Å². The van der Waals surface area contributed by atoms with Crippen molar-refractivity contribution >= 4 is 12.1 Å². The normalized spacial score (nSPS) is 27.5. The lowest BCUT2D eigenvalue weighted by Crippen LogP contribution is -2.44. The SMILES string of the molecule is CCNC(=NCC1CCCC1O)N1CCC(NC(=O)OC(C)(C)C)C1. The number of nitrogens with zero attached hydrogens (tertiary/aromatic N) is 2. The number of nitrogens with one attached hydrogen (secondary N) is 2. The van der Waals surface area contributed by atoms with Gasteiger partial charge >= 0.3 is 6.09 Å². The van der Waals surface area contributed by atoms with Crippen molar-refractivity contribution in [1.82, 2.24) is 15.5 Å². The van der Waals surface area contributed by atoms with E-state index in [-0.39, 0.29) is 24.2 Å². The van der Waals surface area contributed by atoms with Gasteiger partial charge in [-0.05, 0) is 47.0 Å². The molecule has 1 aliphatic heterocycles. The van der Waals surface area contributed by atoms with Crippen LogP contribution in [-0.2, 0) is 4.74 Å². The first-order chi connectivity index (χ1) is 11.8. The number of aliphatic hydroxyl groups is 1. The molecule has 0 aromatic rings. The molecule has 2 fully saturated rings. The van der Waals surface area contributed by atoms with Gasteiger partial charge in [-0.15, -0.1) is 0 Å². The lowest BCUT2D eigenvalue weighted by atomic mass is 10.1. The monoisotopic (exact) mass is 354 g/mol. The van der Waals surface area contributed by atoms with Crippen molar-refractivity contribution in [3.63, 3.8) is 0 Å². The van der Waals surface area contributed by atoms with E-state index in [1.165, 1.54) is 0 Å². The lowest BCUT2D eigenvalue weighted by Gasteiger charge is -2.24. The molecule has 144 valence electrons. The molecule has 1 saturated heterocycles. The van der Waals surface area contributed by atoms with Gasteiger partial charge in [0.1, 0.15) is 5.60 Å². The molecule has 1 aliphatic carbocycles. The van der Waals surface area contributed by atoms with E-state index in [0.717, 1.165) is 51.3 Å². The van der Waals surface area contributed by atoms with Gasteiger partial charge in [-0.1, -0.05) is 6.42 Å². The number of ether oxygens (including phenoxy) is 1. The molecule has 3 unspecified atom stereocenters. The predicted molar refractivity (Wildman–Crippen MR) is 98.7 cm³/mol. The minimum Gasteiger partial charge on any atom is -0.444 e. The molecule has 1 heterocycles. The van der Waals surface area contributed by atoms with Gasteiger partial charge in [-0.2, -0.15) is 0 Å². The third-order valence-electron chi connectivity index (χ3n) is 4.64. The Labute approximate surface area is 151 Å². The van der Waals surface area contributed by atoms with Crippen molar-refractivity contribution < 1.29 is 14.6 Å². The maximum absolute atomic E-state index is 11.9. The van der Waals surface area contributed by atoms with Crippen LogP contribution in [0.1, 0.15) is 53.4 Å². The van der Waals surface area contributed by atoms with Gasteiger partial charge in [0.05, 0.1) is 12.1 Å². The van der Waals surface area contributed by atoms with Gasteiger partial charge in [-0.25, -0.2) is 4.79 Å². The Kier molecular flexibility index (Phi) is 6.93. The van der Waals surface area contributed by atoms with Crippen LogP contribution in [0, 0.1) is 5.92 Å². The highest BCUT2D eigenvalue weighted by Crippen LogP contribution is 2.25. The first-order valence-corrected chi connectivity index (χ1v) is 9.49. The molecule has 2 rings (SSSR count). The van der Waals surface area contributed by atoms with Crippen LogP contribution in [-0.4, -0.2) is 66.0 Å². The van der Waals surface area contributed by atoms with E-state index in [1.807, 2.05) is 27.7 Å². The van der Waals surface area contributed by atoms with Crippen LogP contribution < -0.4 is 10.6 Å². The van der Waals surface area contributed by atoms with Crippen LogP contribution in [0.25, 0.3) is 0 Å². The molecule has 0 aromatic carbocycles. The minimum atomic E-state index is -0.485. The van der Waals surface area contributed by atoms with Gasteiger partial charge in [0.15, 0.2) is 5.96 Å². The van der Waals surface area contributed by atoms with E-state index in [2.05, 4.69) is 15.5 Å². The topological polar surface area (TPSA) is 86.2 Å². The molecule has 7 nitrogen and oxygen atoms in total. The van der Waals surface area contributed by atoms with Crippen molar-refractivity contribution in [3.8, 4) is 0 Å². The number of likely N-dealkylation sites (tertiary alicyclic amines) is 1. The summed E-state index contributed by atoms with van der Waals surface area (Å²) < 4.78 is 5.33. The number of amides is 1. The number of alkyl carbamates (subject to hydrolysis) is 1. The van der Waals surface area contributed by atoms with Crippen LogP contribution in [0.15, 0.2) is 4.99 Å². The number of hydrogen-bond donors (Lipinski definition) is 3. The van der Waals surface area contributed by atoms with E-state index in [4.69, 9.17) is 9.73 Å². The van der Waals surface area contributed by atoms with Gasteiger partial charge in [0.2, 0.25) is 0 Å². The second kappa shape index (κ2) is 8.74. The second-order valence-corrected chi connectivity index (χ2v) is 8.03. The van der Waals surface area contributed by atoms with Crippen molar-refractivity contribution in [3.05, 3.63) is 0 Å². The summed E-state index contributed by atoms with van der Waals surface area (Å²) in [7, 11) is 0. The largest absolute Gasteiger partial charge is 0.444 e. The summed E-state index contributed by atoms with van der Waals surface area (Å²) in [5, 5.41) is 16.2. The number of guanidine groups is 1. The van der Waals surface area contributed by atoms with Crippen molar-refractivity contribution in [2.24, 2.45) is 10.9 Å². The summed E-state index contributed by atoms with van der Waals surface area (Å²) >= 11 is 0. The third-order valence-corrected chi connectivity index (χ3v) is 4.64. The summed E-state index contributed by atoms with van der Waals surface area (Å²) in [4.78, 5) is 18.8. The number of carbonyl (C=O) groups excluding carboxylic acids is 1. The molecule has 0 radical (unpaired) electrons. The van der Waals surface area contributed by atoms with Gasteiger partial charge in [0, 0.05) is 32.1 Å². The predicted octanol–water partition coefficient (Wildman–Crippen LogP) is 1.71. The maximum Gasteiger partial charge on any atom is 0.407 e. The zero-order chi connectivity index (χ0) is 18.4. The molecule has 7 heteroatoms. The summed E-state index contributed by atoms with van der Waals surface area (Å²) in [6.07, 6.45) is 3.32. The van der Waals surface area contributed by atoms with Crippen molar-refractivity contribution in [1.29, 1.82) is 0 Å². The second-order valence-electron chi connectivity index (χ2n) is 8.03. The fourth-order valence-electron chi connectivity index (χ4n) is 3.40. The average molecular weight is 354 g/mol. The molecular weight excluding hydrogens is 320 g/mol. The van der Waals surface area contributed by atoms with Crippen LogP contribution >= 0.6 is 0 Å². The third kappa shape index (κ3) is 6.38. The average Bonchev–Trinajstić information content (AvgIpc) is 3.11. The molecule has 1 amide bonds. The zero-order valence-corrected chi connectivity index (χ0v) is 16.0. The molecule has 25 heavy (non-hydrogen) atoms. The van der Waals surface area contributed by atoms with Crippen molar-refractivity contribution in [2.75, 3.05) is 26.2 Å². The highest BCUT2D eigenvalue weighted by atomic mass is 16.6. The Balaban J connectivity index is 1.86. The van der Waals surface area contributed by atoms with E-state index in [9.17, 15) is 9.90 Å². The van der Waals surface area contributed by atoms with E-state index in [0.29, 0.717) is 6.54 Å². The Morgan fingerprint density at radius 3 is 2.68 bits per heavy atom. The number of aliphatic hydroxyl groups excluding tert-OH is 1. The lowest BCUT2D eigenvalue weighted by molar-refractivity contribution is 0.0507. The molecule has 0 bridgehead atoms. The van der Waals surface area contributed by atoms with Gasteiger partial charge in [0.25, 0.3) is 0 Å². The molecule has 0 spiro atoms. The van der Waals surface area contributed by atoms with E-state index >= 15 is 0 Å². The van der Waals surface area contributed by atoms with Crippen molar-refractivity contribution in [2.45, 2.75) is 71.1 Å². The summed E-state index contributed by atoms with van der Waals surface area (Å²) in [6, 6.07) is 0.0655. The Morgan fingerprint density at radius 1 is 1.32 bits per heavy atom. The quantitative estimate of drug-likeness (QED) is 0.529. The minimum absolute atomic E-state index is 0.0655. The zero-order valence-electron chi connectivity index (χ0n) is 16.0. The number of rotatable bonds is 4. The fraction of sp³-hybridized carbons (Fsp3) is 0.889. The fourth-order valence-corrected chi connectivity index (χ4v) is 3.40. The first kappa shape index (κ1) is 19.8. The number of hydrogen-bond acceptors (Lipinski definition) is 4. The molecule has 0 aromatic heterocycles. The molecule has 2 aliphatic rings. The summed E-state index contributed by atoms with van der Waals surface area (Å²) in [5.74, 6) is 1.14. The Hall–Kier alpha value is -1.50.